The molecule has 2 aliphatic carbocycles. The van der Waals surface area contributed by atoms with Crippen molar-refractivity contribution >= 4 is 5.97 Å². The van der Waals surface area contributed by atoms with E-state index < -0.39 is 5.97 Å². The Kier molecular flexibility index (Phi) is 3.05. The average molecular weight is 204 g/mol. The highest BCUT2D eigenvalue weighted by atomic mass is 16.4. The van der Waals surface area contributed by atoms with Gasteiger partial charge in [0.2, 0.25) is 0 Å². The van der Waals surface area contributed by atoms with Gasteiger partial charge in [0.1, 0.15) is 0 Å². The zero-order valence-electron chi connectivity index (χ0n) is 8.78. The van der Waals surface area contributed by atoms with Gasteiger partial charge in [-0.3, -0.25) is 4.79 Å². The maximum absolute atomic E-state index is 10.6. The van der Waals surface area contributed by atoms with Gasteiger partial charge >= 0.3 is 5.97 Å². The van der Waals surface area contributed by atoms with Crippen LogP contribution in [0.5, 0.6) is 0 Å². The topological polar surface area (TPSA) is 37.3 Å². The Hall–Kier alpha value is -1.31. The SMILES string of the molecule is O=C(O)CC1CCC2=C(C=CC=CC2)C1. The number of carboxylic acid groups (broad SMARTS) is 1. The van der Waals surface area contributed by atoms with E-state index >= 15 is 0 Å². The van der Waals surface area contributed by atoms with Crippen LogP contribution in [0.25, 0.3) is 0 Å². The van der Waals surface area contributed by atoms with Crippen molar-refractivity contribution in [3.8, 4) is 0 Å². The molecule has 0 aromatic heterocycles. The van der Waals surface area contributed by atoms with Crippen LogP contribution in [0.1, 0.15) is 32.1 Å². The first-order valence-corrected chi connectivity index (χ1v) is 5.51. The van der Waals surface area contributed by atoms with Crippen molar-refractivity contribution in [1.82, 2.24) is 0 Å². The zero-order chi connectivity index (χ0) is 10.7. The number of hydrogen-bond donors (Lipinski definition) is 1. The molecule has 0 bridgehead atoms. The lowest BCUT2D eigenvalue weighted by molar-refractivity contribution is -0.138. The Balaban J connectivity index is 2.06. The molecule has 0 fully saturated rings. The van der Waals surface area contributed by atoms with Crippen molar-refractivity contribution < 1.29 is 9.90 Å². The van der Waals surface area contributed by atoms with Gasteiger partial charge in [0.05, 0.1) is 0 Å². The lowest BCUT2D eigenvalue weighted by atomic mass is 9.81. The number of carbonyl (C=O) groups is 1. The van der Waals surface area contributed by atoms with Crippen molar-refractivity contribution in [3.63, 3.8) is 0 Å². The van der Waals surface area contributed by atoms with Gasteiger partial charge in [-0.1, -0.05) is 29.9 Å². The monoisotopic (exact) mass is 204 g/mol. The molecular weight excluding hydrogens is 188 g/mol. The smallest absolute Gasteiger partial charge is 0.303 e. The molecule has 15 heavy (non-hydrogen) atoms. The molecule has 2 aliphatic rings. The van der Waals surface area contributed by atoms with E-state index in [0.29, 0.717) is 12.3 Å². The fraction of sp³-hybridized carbons (Fsp3) is 0.462. The Bertz CT molecular complexity index is 348. The number of allylic oxidation sites excluding steroid dienone is 6. The minimum atomic E-state index is -0.667. The summed E-state index contributed by atoms with van der Waals surface area (Å²) in [6.07, 6.45) is 12.9. The zero-order valence-corrected chi connectivity index (χ0v) is 8.78. The standard InChI is InChI=1S/C13H16O2/c14-13(15)9-10-6-7-11-4-2-1-3-5-12(11)8-10/h1-3,5,10H,4,6-9H2,(H,14,15). The second-order valence-electron chi connectivity index (χ2n) is 4.33. The van der Waals surface area contributed by atoms with Crippen LogP contribution in [0.3, 0.4) is 0 Å². The van der Waals surface area contributed by atoms with Crippen LogP contribution in [-0.4, -0.2) is 11.1 Å². The molecule has 1 unspecified atom stereocenters. The van der Waals surface area contributed by atoms with Gasteiger partial charge in [-0.2, -0.15) is 0 Å². The van der Waals surface area contributed by atoms with Crippen LogP contribution in [0.2, 0.25) is 0 Å². The highest BCUT2D eigenvalue weighted by molar-refractivity contribution is 5.67. The van der Waals surface area contributed by atoms with Gasteiger partial charge in [-0.15, -0.1) is 0 Å². The summed E-state index contributed by atoms with van der Waals surface area (Å²) in [6, 6.07) is 0. The molecule has 2 nitrogen and oxygen atoms in total. The fourth-order valence-corrected chi connectivity index (χ4v) is 2.40. The molecule has 1 N–H and O–H groups in total. The third-order valence-corrected chi connectivity index (χ3v) is 3.19. The second kappa shape index (κ2) is 4.47. The van der Waals surface area contributed by atoms with Crippen molar-refractivity contribution in [2.45, 2.75) is 32.1 Å². The Morgan fingerprint density at radius 2 is 2.33 bits per heavy atom. The summed E-state index contributed by atoms with van der Waals surface area (Å²) in [6.45, 7) is 0. The molecule has 2 rings (SSSR count). The van der Waals surface area contributed by atoms with Gasteiger partial charge in [0.15, 0.2) is 0 Å². The molecule has 0 amide bonds. The van der Waals surface area contributed by atoms with Crippen LogP contribution in [-0.2, 0) is 4.79 Å². The summed E-state index contributed by atoms with van der Waals surface area (Å²) in [7, 11) is 0. The third-order valence-electron chi connectivity index (χ3n) is 3.19. The summed E-state index contributed by atoms with van der Waals surface area (Å²) in [5.74, 6) is -0.330. The lowest BCUT2D eigenvalue weighted by Crippen LogP contribution is -2.13. The summed E-state index contributed by atoms with van der Waals surface area (Å²) < 4.78 is 0. The van der Waals surface area contributed by atoms with E-state index in [1.807, 2.05) is 0 Å². The molecule has 1 atom stereocenters. The van der Waals surface area contributed by atoms with E-state index in [9.17, 15) is 4.79 Å². The van der Waals surface area contributed by atoms with E-state index in [-0.39, 0.29) is 0 Å². The molecule has 0 heterocycles. The highest BCUT2D eigenvalue weighted by Crippen LogP contribution is 2.34. The molecule has 0 aliphatic heterocycles. The molecule has 2 heteroatoms. The fourth-order valence-electron chi connectivity index (χ4n) is 2.40. The first-order chi connectivity index (χ1) is 7.25. The first kappa shape index (κ1) is 10.2. The molecule has 80 valence electrons. The number of rotatable bonds is 2. The largest absolute Gasteiger partial charge is 0.481 e. The van der Waals surface area contributed by atoms with E-state index in [2.05, 4.69) is 24.3 Å². The van der Waals surface area contributed by atoms with Crippen molar-refractivity contribution in [1.29, 1.82) is 0 Å². The minimum absolute atomic E-state index is 0.318. The molecular formula is C13H16O2. The predicted octanol–water partition coefficient (Wildman–Crippen LogP) is 3.07. The first-order valence-electron chi connectivity index (χ1n) is 5.51. The number of aliphatic carboxylic acids is 1. The predicted molar refractivity (Wildman–Crippen MR) is 59.5 cm³/mol. The minimum Gasteiger partial charge on any atom is -0.481 e. The van der Waals surface area contributed by atoms with Crippen LogP contribution in [0.15, 0.2) is 35.5 Å². The number of hydrogen-bond acceptors (Lipinski definition) is 1. The average Bonchev–Trinajstić information content (AvgIpc) is 2.41. The normalized spacial score (nSPS) is 24.9. The van der Waals surface area contributed by atoms with Gasteiger partial charge in [0.25, 0.3) is 0 Å². The molecule has 0 spiro atoms. The van der Waals surface area contributed by atoms with Gasteiger partial charge < -0.3 is 5.11 Å². The van der Waals surface area contributed by atoms with Crippen LogP contribution in [0.4, 0.5) is 0 Å². The third kappa shape index (κ3) is 2.58. The van der Waals surface area contributed by atoms with Crippen LogP contribution >= 0.6 is 0 Å². The second-order valence-corrected chi connectivity index (χ2v) is 4.33. The van der Waals surface area contributed by atoms with Gasteiger partial charge in [-0.05, 0) is 37.2 Å². The van der Waals surface area contributed by atoms with Crippen molar-refractivity contribution in [2.24, 2.45) is 5.92 Å². The highest BCUT2D eigenvalue weighted by Gasteiger charge is 2.21. The summed E-state index contributed by atoms with van der Waals surface area (Å²) >= 11 is 0. The number of carboxylic acids is 1. The maximum atomic E-state index is 10.6. The Morgan fingerprint density at radius 3 is 3.13 bits per heavy atom. The maximum Gasteiger partial charge on any atom is 0.303 e. The summed E-state index contributed by atoms with van der Waals surface area (Å²) in [5.41, 5.74) is 2.87. The summed E-state index contributed by atoms with van der Waals surface area (Å²) in [5, 5.41) is 8.77. The van der Waals surface area contributed by atoms with E-state index in [1.165, 1.54) is 11.1 Å². The molecule has 0 aromatic carbocycles. The van der Waals surface area contributed by atoms with E-state index in [1.54, 1.807) is 0 Å². The Labute approximate surface area is 90.0 Å². The van der Waals surface area contributed by atoms with Crippen molar-refractivity contribution in [2.75, 3.05) is 0 Å². The van der Waals surface area contributed by atoms with E-state index in [4.69, 9.17) is 5.11 Å². The van der Waals surface area contributed by atoms with Gasteiger partial charge in [0, 0.05) is 6.42 Å². The quantitative estimate of drug-likeness (QED) is 0.750. The molecule has 0 radical (unpaired) electrons. The lowest BCUT2D eigenvalue weighted by Gasteiger charge is -2.24. The van der Waals surface area contributed by atoms with Crippen LogP contribution in [0, 0.1) is 5.92 Å². The van der Waals surface area contributed by atoms with Gasteiger partial charge in [-0.25, -0.2) is 0 Å². The molecule has 0 saturated carbocycles. The Morgan fingerprint density at radius 1 is 1.47 bits per heavy atom. The van der Waals surface area contributed by atoms with Crippen molar-refractivity contribution in [3.05, 3.63) is 35.5 Å². The van der Waals surface area contributed by atoms with Crippen LogP contribution < -0.4 is 0 Å². The molecule has 0 saturated heterocycles. The summed E-state index contributed by atoms with van der Waals surface area (Å²) in [4.78, 5) is 10.6. The molecule has 0 aromatic rings. The van der Waals surface area contributed by atoms with E-state index in [0.717, 1.165) is 25.7 Å².